The molecule has 2 aliphatic rings. The molecule has 1 aliphatic carbocycles. The van der Waals surface area contributed by atoms with E-state index in [4.69, 9.17) is 4.43 Å². The van der Waals surface area contributed by atoms with E-state index in [1.54, 1.807) is 42.6 Å². The maximum atomic E-state index is 14.5. The number of hydrogen-bond donors (Lipinski definition) is 5. The highest BCUT2D eigenvalue weighted by Gasteiger charge is 2.56. The minimum absolute atomic E-state index is 0.0451. The lowest BCUT2D eigenvalue weighted by Gasteiger charge is -2.44. The first kappa shape index (κ1) is 42.6. The molecule has 1 saturated heterocycles. The van der Waals surface area contributed by atoms with E-state index < -0.39 is 57.7 Å². The topological polar surface area (TPSA) is 161 Å². The molecule has 0 bridgehead atoms. The maximum Gasteiger partial charge on any atom is 0.488 e. The molecule has 5 N–H and O–H groups in total. The first-order valence-corrected chi connectivity index (χ1v) is 22.3. The zero-order chi connectivity index (χ0) is 42.6. The molecular weight excluding hydrogens is 771 g/mol. The molecule has 0 radical (unpaired) electrons. The van der Waals surface area contributed by atoms with Crippen molar-refractivity contribution in [1.82, 2.24) is 4.98 Å². The second-order valence-corrected chi connectivity index (χ2v) is 21.0. The predicted octanol–water partition coefficient (Wildman–Crippen LogP) is 4.84. The number of allylic oxidation sites excluding steroid dienone is 1. The van der Waals surface area contributed by atoms with E-state index in [-0.39, 0.29) is 41.4 Å². The fourth-order valence-corrected chi connectivity index (χ4v) is 13.7. The van der Waals surface area contributed by atoms with Gasteiger partial charge in [0.25, 0.3) is 8.32 Å². The Morgan fingerprint density at radius 2 is 1.53 bits per heavy atom. The zero-order valence-corrected chi connectivity index (χ0v) is 35.1. The highest BCUT2D eigenvalue weighted by molar-refractivity contribution is 6.99. The second kappa shape index (κ2) is 18.0. The number of amides is 2. The van der Waals surface area contributed by atoms with E-state index in [1.165, 1.54) is 12.1 Å². The molecular formula is C48H51BN2O8Si. The van der Waals surface area contributed by atoms with Crippen molar-refractivity contribution in [3.05, 3.63) is 156 Å². The molecule has 308 valence electrons. The van der Waals surface area contributed by atoms with Crippen LogP contribution in [0.2, 0.25) is 5.04 Å². The van der Waals surface area contributed by atoms with Gasteiger partial charge in [0.15, 0.2) is 0 Å². The smallest absolute Gasteiger partial charge is 0.488 e. The maximum absolute atomic E-state index is 14.5. The number of imide groups is 1. The molecule has 1 aromatic heterocycles. The van der Waals surface area contributed by atoms with Crippen molar-refractivity contribution in [2.75, 3.05) is 18.1 Å². The highest BCUT2D eigenvalue weighted by Crippen LogP contribution is 2.48. The summed E-state index contributed by atoms with van der Waals surface area (Å²) in [5.41, 5.74) is 3.87. The van der Waals surface area contributed by atoms with E-state index in [0.717, 1.165) is 26.4 Å². The van der Waals surface area contributed by atoms with Crippen LogP contribution >= 0.6 is 0 Å². The van der Waals surface area contributed by atoms with Crippen LogP contribution in [0.15, 0.2) is 145 Å². The number of aromatic hydroxyl groups is 1. The lowest BCUT2D eigenvalue weighted by molar-refractivity contribution is -0.123. The SMILES string of the molecule is CC(C)(C)[Si](OCC1=C([C@H](O)CC/C(=C/c2ccc(O)cc2)c2ccccn2)[C@H](CO)[C@@H]2C(=O)N(c3cccc(B(O)O)c3)C(=O)[C@@H]2C1)(c1ccccc1)c1ccccc1. The number of fused-ring (bicyclic) bond motifs is 1. The summed E-state index contributed by atoms with van der Waals surface area (Å²) >= 11 is 0. The molecule has 60 heavy (non-hydrogen) atoms. The van der Waals surface area contributed by atoms with Gasteiger partial charge in [-0.05, 0) is 105 Å². The third-order valence-electron chi connectivity index (χ3n) is 12.0. The minimum Gasteiger partial charge on any atom is -0.508 e. The Labute approximate surface area is 352 Å². The van der Waals surface area contributed by atoms with E-state index in [1.807, 2.05) is 60.7 Å². The molecule has 2 amide bonds. The Hall–Kier alpha value is -5.47. The molecule has 0 saturated carbocycles. The van der Waals surface area contributed by atoms with E-state index >= 15 is 0 Å². The monoisotopic (exact) mass is 822 g/mol. The Morgan fingerprint density at radius 1 is 0.883 bits per heavy atom. The number of carbonyl (C=O) groups excluding carboxylic acids is 2. The Balaban J connectivity index is 1.32. The molecule has 4 atom stereocenters. The Bertz CT molecular complexity index is 2310. The largest absolute Gasteiger partial charge is 0.508 e. The normalized spacial score (nSPS) is 19.1. The number of carbonyl (C=O) groups is 2. The van der Waals surface area contributed by atoms with Crippen LogP contribution in [0, 0.1) is 17.8 Å². The third-order valence-corrected chi connectivity index (χ3v) is 16.9. The highest BCUT2D eigenvalue weighted by atomic mass is 28.4. The molecule has 4 aromatic carbocycles. The van der Waals surface area contributed by atoms with Crippen molar-refractivity contribution in [1.29, 1.82) is 0 Å². The van der Waals surface area contributed by atoms with Gasteiger partial charge >= 0.3 is 7.12 Å². The molecule has 2 heterocycles. The number of hydrogen-bond acceptors (Lipinski definition) is 9. The van der Waals surface area contributed by atoms with Crippen LogP contribution in [0.3, 0.4) is 0 Å². The van der Waals surface area contributed by atoms with E-state index in [0.29, 0.717) is 23.3 Å². The quantitative estimate of drug-likeness (QED) is 0.0601. The van der Waals surface area contributed by atoms with Crippen LogP contribution in [0.5, 0.6) is 5.75 Å². The number of aliphatic hydroxyl groups excluding tert-OH is 2. The van der Waals surface area contributed by atoms with Gasteiger partial charge in [0, 0.05) is 12.1 Å². The van der Waals surface area contributed by atoms with E-state index in [2.05, 4.69) is 50.0 Å². The summed E-state index contributed by atoms with van der Waals surface area (Å²) in [5.74, 6) is -3.59. The van der Waals surface area contributed by atoms with Crippen LogP contribution in [0.4, 0.5) is 5.69 Å². The number of pyridine rings is 1. The number of nitrogens with zero attached hydrogens (tertiary/aromatic N) is 2. The van der Waals surface area contributed by atoms with Gasteiger partial charge in [-0.15, -0.1) is 0 Å². The van der Waals surface area contributed by atoms with Gasteiger partial charge in [0.1, 0.15) is 5.75 Å². The van der Waals surface area contributed by atoms with Crippen LogP contribution in [0.1, 0.15) is 51.3 Å². The number of phenolic OH excluding ortho intramolecular Hbond substituents is 1. The summed E-state index contributed by atoms with van der Waals surface area (Å²) in [5, 5.41) is 55.2. The van der Waals surface area contributed by atoms with E-state index in [9.17, 15) is 35.0 Å². The fourth-order valence-electron chi connectivity index (χ4n) is 9.17. The lowest BCUT2D eigenvalue weighted by Crippen LogP contribution is -2.66. The van der Waals surface area contributed by atoms with Crippen molar-refractivity contribution in [2.45, 2.75) is 51.2 Å². The predicted molar refractivity (Wildman–Crippen MR) is 237 cm³/mol. The fraction of sp³-hybridized carbons (Fsp3) is 0.271. The molecule has 7 rings (SSSR count). The summed E-state index contributed by atoms with van der Waals surface area (Å²) in [4.78, 5) is 34.6. The number of aromatic nitrogens is 1. The molecule has 0 spiro atoms. The molecule has 10 nitrogen and oxygen atoms in total. The van der Waals surface area contributed by atoms with Gasteiger partial charge in [-0.3, -0.25) is 19.5 Å². The lowest BCUT2D eigenvalue weighted by atomic mass is 9.68. The molecule has 5 aromatic rings. The average molecular weight is 823 g/mol. The van der Waals surface area contributed by atoms with Crippen LogP contribution < -0.4 is 20.7 Å². The summed E-state index contributed by atoms with van der Waals surface area (Å²) in [6.45, 7) is 6.05. The van der Waals surface area contributed by atoms with Crippen LogP contribution in [-0.2, 0) is 14.0 Å². The van der Waals surface area contributed by atoms with Crippen molar-refractivity contribution in [3.63, 3.8) is 0 Å². The molecule has 0 unspecified atom stereocenters. The van der Waals surface area contributed by atoms with Gasteiger partial charge < -0.3 is 29.8 Å². The van der Waals surface area contributed by atoms with Crippen molar-refractivity contribution >= 4 is 60.4 Å². The van der Waals surface area contributed by atoms with Gasteiger partial charge in [-0.2, -0.15) is 0 Å². The number of anilines is 1. The summed E-state index contributed by atoms with van der Waals surface area (Å²) < 4.78 is 7.41. The zero-order valence-electron chi connectivity index (χ0n) is 34.1. The van der Waals surface area contributed by atoms with Crippen molar-refractivity contribution < 1.29 is 39.4 Å². The molecule has 12 heteroatoms. The second-order valence-electron chi connectivity index (χ2n) is 16.6. The van der Waals surface area contributed by atoms with Crippen LogP contribution in [0.25, 0.3) is 11.6 Å². The first-order chi connectivity index (χ1) is 28.8. The van der Waals surface area contributed by atoms with Crippen LogP contribution in [-0.4, -0.2) is 76.9 Å². The summed E-state index contributed by atoms with van der Waals surface area (Å²) in [6.07, 6.45) is 3.21. The number of aliphatic hydroxyl groups is 2. The Kier molecular flexibility index (Phi) is 12.8. The molecule has 1 fully saturated rings. The summed E-state index contributed by atoms with van der Waals surface area (Å²) in [6, 6.07) is 38.8. The minimum atomic E-state index is -3.13. The molecule has 1 aliphatic heterocycles. The third kappa shape index (κ3) is 8.44. The average Bonchev–Trinajstić information content (AvgIpc) is 3.51. The van der Waals surface area contributed by atoms with Gasteiger partial charge in [0.05, 0.1) is 42.5 Å². The van der Waals surface area contributed by atoms with Gasteiger partial charge in [-0.25, -0.2) is 0 Å². The number of rotatable bonds is 14. The summed E-state index contributed by atoms with van der Waals surface area (Å²) in [7, 11) is -4.94. The van der Waals surface area contributed by atoms with Crippen molar-refractivity contribution in [3.8, 4) is 5.75 Å². The van der Waals surface area contributed by atoms with Crippen molar-refractivity contribution in [2.24, 2.45) is 17.8 Å². The van der Waals surface area contributed by atoms with Gasteiger partial charge in [0.2, 0.25) is 11.8 Å². The first-order valence-electron chi connectivity index (χ1n) is 20.3. The standard InChI is InChI=1S/C48H51BN2O8Si/c1-48(2,3)60(38-15-6-4-7-16-38,39-17-8-5-9-18-39)59-31-34-28-40-45(47(56)51(46(40)55)36-14-12-13-35(29-36)49(57)58)41(30-52)44(34)43(54)25-22-33(42-19-10-11-26-50-42)27-32-20-23-37(53)24-21-32/h4-21,23-24,26-27,29,40-41,43,45,52-54,57-58H,22,25,28,30-31H2,1-3H3/b33-27-/t40-,41+,43-,45-/m1/s1. The van der Waals surface area contributed by atoms with Gasteiger partial charge in [-0.1, -0.05) is 112 Å². The number of benzene rings is 4. The Morgan fingerprint density at radius 3 is 2.12 bits per heavy atom. The number of phenols is 1.